The average molecular weight is 322 g/mol. The summed E-state index contributed by atoms with van der Waals surface area (Å²) >= 11 is 13.9. The number of amides is 1. The van der Waals surface area contributed by atoms with Crippen molar-refractivity contribution < 1.29 is 14.7 Å². The number of thiophene rings is 2. The highest BCUT2D eigenvalue weighted by atomic mass is 35.5. The zero-order chi connectivity index (χ0) is 13.3. The molecule has 2 N–H and O–H groups in total. The molecule has 2 rings (SSSR count). The molecule has 8 heteroatoms. The predicted molar refractivity (Wildman–Crippen MR) is 73.6 cm³/mol. The van der Waals surface area contributed by atoms with E-state index in [1.165, 1.54) is 16.8 Å². The van der Waals surface area contributed by atoms with Crippen molar-refractivity contribution in [1.29, 1.82) is 0 Å². The summed E-state index contributed by atoms with van der Waals surface area (Å²) in [6.45, 7) is 0. The second kappa shape index (κ2) is 5.27. The molecule has 2 heterocycles. The van der Waals surface area contributed by atoms with E-state index in [-0.39, 0.29) is 11.1 Å². The van der Waals surface area contributed by atoms with Gasteiger partial charge in [0.2, 0.25) is 0 Å². The third-order valence-corrected chi connectivity index (χ3v) is 4.27. The highest BCUT2D eigenvalue weighted by molar-refractivity contribution is 7.20. The minimum absolute atomic E-state index is 0.0325. The number of nitrogens with one attached hydrogen (secondary N) is 1. The van der Waals surface area contributed by atoms with Crippen LogP contribution in [0.1, 0.15) is 20.7 Å². The van der Waals surface area contributed by atoms with Crippen LogP contribution >= 0.6 is 45.9 Å². The van der Waals surface area contributed by atoms with Crippen LogP contribution in [0, 0.1) is 0 Å². The van der Waals surface area contributed by atoms with E-state index in [1.807, 2.05) is 0 Å². The lowest BCUT2D eigenvalue weighted by Gasteiger charge is -2.02. The van der Waals surface area contributed by atoms with Gasteiger partial charge in [-0.2, -0.15) is 11.3 Å². The number of halogens is 2. The Kier molecular flexibility index (Phi) is 3.91. The lowest BCUT2D eigenvalue weighted by Crippen LogP contribution is -2.14. The van der Waals surface area contributed by atoms with Gasteiger partial charge in [0.1, 0.15) is 4.34 Å². The molecule has 18 heavy (non-hydrogen) atoms. The Labute approximate surface area is 120 Å². The van der Waals surface area contributed by atoms with Crippen LogP contribution in [-0.2, 0) is 0 Å². The van der Waals surface area contributed by atoms with E-state index in [0.29, 0.717) is 14.4 Å². The molecule has 0 unspecified atom stereocenters. The molecule has 0 spiro atoms. The summed E-state index contributed by atoms with van der Waals surface area (Å²) in [6, 6.07) is 1.51. The first-order chi connectivity index (χ1) is 8.49. The van der Waals surface area contributed by atoms with Crippen molar-refractivity contribution in [3.05, 3.63) is 36.6 Å². The van der Waals surface area contributed by atoms with Crippen LogP contribution in [0.2, 0.25) is 8.67 Å². The first-order valence-corrected chi connectivity index (χ1v) is 7.06. The Morgan fingerprint density at radius 1 is 1.22 bits per heavy atom. The van der Waals surface area contributed by atoms with E-state index < -0.39 is 11.9 Å². The van der Waals surface area contributed by atoms with Gasteiger partial charge in [-0.1, -0.05) is 23.2 Å². The number of carbonyl (C=O) groups is 2. The van der Waals surface area contributed by atoms with E-state index in [1.54, 1.807) is 0 Å². The smallest absolute Gasteiger partial charge is 0.337 e. The van der Waals surface area contributed by atoms with E-state index in [9.17, 15) is 9.59 Å². The molecule has 0 radical (unpaired) electrons. The Morgan fingerprint density at radius 2 is 1.89 bits per heavy atom. The van der Waals surface area contributed by atoms with Gasteiger partial charge in [-0.15, -0.1) is 11.3 Å². The highest BCUT2D eigenvalue weighted by Gasteiger charge is 2.19. The van der Waals surface area contributed by atoms with Gasteiger partial charge in [-0.25, -0.2) is 4.79 Å². The summed E-state index contributed by atoms with van der Waals surface area (Å²) in [5, 5.41) is 14.3. The fourth-order valence-electron chi connectivity index (χ4n) is 1.25. The molecule has 0 fully saturated rings. The van der Waals surface area contributed by atoms with Gasteiger partial charge in [0.15, 0.2) is 0 Å². The monoisotopic (exact) mass is 321 g/mol. The van der Waals surface area contributed by atoms with Gasteiger partial charge in [0.05, 0.1) is 21.2 Å². The van der Waals surface area contributed by atoms with Crippen molar-refractivity contribution in [2.45, 2.75) is 0 Å². The summed E-state index contributed by atoms with van der Waals surface area (Å²) in [6.07, 6.45) is 0. The van der Waals surface area contributed by atoms with Gasteiger partial charge in [0.25, 0.3) is 5.91 Å². The van der Waals surface area contributed by atoms with E-state index in [0.717, 1.165) is 22.7 Å². The van der Waals surface area contributed by atoms with Crippen LogP contribution in [0.15, 0.2) is 16.8 Å². The molecular weight excluding hydrogens is 317 g/mol. The molecule has 0 saturated heterocycles. The van der Waals surface area contributed by atoms with Crippen molar-refractivity contribution in [3.63, 3.8) is 0 Å². The van der Waals surface area contributed by atoms with Gasteiger partial charge < -0.3 is 10.4 Å². The maximum atomic E-state index is 11.9. The molecular formula is C10H5Cl2NO3S2. The molecule has 0 aromatic carbocycles. The molecule has 2 aromatic rings. The van der Waals surface area contributed by atoms with Gasteiger partial charge >= 0.3 is 5.97 Å². The lowest BCUT2D eigenvalue weighted by molar-refractivity contribution is 0.0693. The van der Waals surface area contributed by atoms with Crippen molar-refractivity contribution in [1.82, 2.24) is 0 Å². The summed E-state index contributed by atoms with van der Waals surface area (Å²) < 4.78 is 0.791. The average Bonchev–Trinajstić information content (AvgIpc) is 2.86. The number of hydrogen-bond acceptors (Lipinski definition) is 4. The Balaban J connectivity index is 2.25. The molecule has 0 atom stereocenters. The lowest BCUT2D eigenvalue weighted by atomic mass is 10.2. The standard InChI is InChI=1S/C10H5Cl2NO3S2/c11-7-1-6(8(12)18-7)13-9(14)4-2-17-3-5(4)10(15)16/h1-3H,(H,13,14)(H,15,16). The minimum atomic E-state index is -1.14. The summed E-state index contributed by atoms with van der Waals surface area (Å²) in [7, 11) is 0. The maximum Gasteiger partial charge on any atom is 0.337 e. The van der Waals surface area contributed by atoms with Crippen molar-refractivity contribution in [2.75, 3.05) is 5.32 Å². The van der Waals surface area contributed by atoms with Crippen LogP contribution in [0.25, 0.3) is 0 Å². The first-order valence-electron chi connectivity index (χ1n) is 4.54. The van der Waals surface area contributed by atoms with Gasteiger partial charge in [-0.05, 0) is 6.07 Å². The number of carboxylic acids is 1. The number of aromatic carboxylic acids is 1. The van der Waals surface area contributed by atoms with Gasteiger partial charge in [-0.3, -0.25) is 4.79 Å². The van der Waals surface area contributed by atoms with Gasteiger partial charge in [0, 0.05) is 10.8 Å². The molecule has 1 amide bonds. The fraction of sp³-hybridized carbons (Fsp3) is 0. The molecule has 0 aliphatic carbocycles. The zero-order valence-electron chi connectivity index (χ0n) is 8.57. The van der Waals surface area contributed by atoms with Crippen LogP contribution in [-0.4, -0.2) is 17.0 Å². The maximum absolute atomic E-state index is 11.9. The molecule has 0 aliphatic heterocycles. The van der Waals surface area contributed by atoms with E-state index >= 15 is 0 Å². The number of hydrogen-bond donors (Lipinski definition) is 2. The normalized spacial score (nSPS) is 10.3. The van der Waals surface area contributed by atoms with E-state index in [4.69, 9.17) is 28.3 Å². The molecule has 0 bridgehead atoms. The van der Waals surface area contributed by atoms with Crippen molar-refractivity contribution in [2.24, 2.45) is 0 Å². The molecule has 0 aliphatic rings. The largest absolute Gasteiger partial charge is 0.478 e. The van der Waals surface area contributed by atoms with Crippen molar-refractivity contribution >= 4 is 63.4 Å². The predicted octanol–water partition coefficient (Wildman–Crippen LogP) is 4.07. The van der Waals surface area contributed by atoms with Crippen LogP contribution in [0.5, 0.6) is 0 Å². The summed E-state index contributed by atoms with van der Waals surface area (Å²) in [4.78, 5) is 22.8. The molecule has 94 valence electrons. The third-order valence-electron chi connectivity index (χ3n) is 2.04. The topological polar surface area (TPSA) is 66.4 Å². The second-order valence-electron chi connectivity index (χ2n) is 3.20. The first kappa shape index (κ1) is 13.4. The van der Waals surface area contributed by atoms with Crippen LogP contribution in [0.4, 0.5) is 5.69 Å². The number of carbonyl (C=O) groups excluding carboxylic acids is 1. The minimum Gasteiger partial charge on any atom is -0.478 e. The Morgan fingerprint density at radius 3 is 2.44 bits per heavy atom. The Bertz CT molecular complexity index is 620. The number of carboxylic acid groups (broad SMARTS) is 1. The van der Waals surface area contributed by atoms with Crippen molar-refractivity contribution in [3.8, 4) is 0 Å². The molecule has 2 aromatic heterocycles. The SMILES string of the molecule is O=C(O)c1cscc1C(=O)Nc1cc(Cl)sc1Cl. The quantitative estimate of drug-likeness (QED) is 0.895. The molecule has 4 nitrogen and oxygen atoms in total. The summed E-state index contributed by atoms with van der Waals surface area (Å²) in [5.41, 5.74) is 0.444. The number of rotatable bonds is 3. The third kappa shape index (κ3) is 2.67. The zero-order valence-corrected chi connectivity index (χ0v) is 11.7. The van der Waals surface area contributed by atoms with E-state index in [2.05, 4.69) is 5.32 Å². The highest BCUT2D eigenvalue weighted by Crippen LogP contribution is 2.35. The number of anilines is 1. The second-order valence-corrected chi connectivity index (χ2v) is 6.23. The summed E-state index contributed by atoms with van der Waals surface area (Å²) in [5.74, 6) is -1.67. The van der Waals surface area contributed by atoms with Crippen LogP contribution in [0.3, 0.4) is 0 Å². The fourth-order valence-corrected chi connectivity index (χ4v) is 3.43. The molecule has 0 saturated carbocycles. The Hall–Kier alpha value is -1.08. The van der Waals surface area contributed by atoms with Crippen LogP contribution < -0.4 is 5.32 Å².